The molecule has 146 valence electrons. The summed E-state index contributed by atoms with van der Waals surface area (Å²) in [6.45, 7) is 8.90. The first-order valence-electron chi connectivity index (χ1n) is 10.2. The molecule has 4 rings (SSSR count). The molecule has 0 N–H and O–H groups in total. The minimum absolute atomic E-state index is 0.00928. The van der Waals surface area contributed by atoms with Crippen molar-refractivity contribution in [3.8, 4) is 0 Å². The number of furan rings is 1. The van der Waals surface area contributed by atoms with Crippen LogP contribution in [0.4, 0.5) is 0 Å². The van der Waals surface area contributed by atoms with E-state index in [2.05, 4.69) is 28.3 Å². The van der Waals surface area contributed by atoms with Crippen LogP contribution in [0, 0.1) is 0 Å². The molecule has 2 aromatic rings. The van der Waals surface area contributed by atoms with Gasteiger partial charge in [-0.2, -0.15) is 0 Å². The van der Waals surface area contributed by atoms with E-state index in [1.54, 1.807) is 0 Å². The third-order valence-electron chi connectivity index (χ3n) is 5.78. The van der Waals surface area contributed by atoms with Gasteiger partial charge in [-0.05, 0) is 64.8 Å². The maximum atomic E-state index is 13.0. The Morgan fingerprint density at radius 1 is 1.22 bits per heavy atom. The molecule has 2 aliphatic rings. The van der Waals surface area contributed by atoms with Crippen LogP contribution in [0.15, 0.2) is 28.9 Å². The summed E-state index contributed by atoms with van der Waals surface area (Å²) in [5.41, 5.74) is 0. The van der Waals surface area contributed by atoms with E-state index in [1.807, 2.05) is 29.4 Å². The number of amides is 1. The van der Waals surface area contributed by atoms with Crippen molar-refractivity contribution in [2.24, 2.45) is 0 Å². The Morgan fingerprint density at radius 3 is 2.81 bits per heavy atom. The van der Waals surface area contributed by atoms with Crippen molar-refractivity contribution in [1.29, 1.82) is 0 Å². The number of imidazole rings is 1. The molecular formula is C21H30N4O2. The van der Waals surface area contributed by atoms with Crippen molar-refractivity contribution >= 4 is 5.91 Å². The zero-order valence-corrected chi connectivity index (χ0v) is 16.4. The molecule has 6 nitrogen and oxygen atoms in total. The van der Waals surface area contributed by atoms with Gasteiger partial charge in [0.1, 0.15) is 11.6 Å². The van der Waals surface area contributed by atoms with E-state index < -0.39 is 0 Å². The number of aromatic nitrogens is 2. The summed E-state index contributed by atoms with van der Waals surface area (Å²) >= 11 is 0. The molecule has 0 aromatic carbocycles. The van der Waals surface area contributed by atoms with Crippen LogP contribution in [0.3, 0.4) is 0 Å². The molecule has 0 radical (unpaired) electrons. The van der Waals surface area contributed by atoms with Crippen LogP contribution >= 0.6 is 0 Å². The van der Waals surface area contributed by atoms with Gasteiger partial charge in [-0.15, -0.1) is 0 Å². The van der Waals surface area contributed by atoms with Crippen LogP contribution in [0.2, 0.25) is 0 Å². The minimum Gasteiger partial charge on any atom is -0.455 e. The van der Waals surface area contributed by atoms with Gasteiger partial charge in [0, 0.05) is 37.4 Å². The molecule has 2 aromatic heterocycles. The molecule has 2 aliphatic heterocycles. The second-order valence-corrected chi connectivity index (χ2v) is 8.13. The van der Waals surface area contributed by atoms with Gasteiger partial charge >= 0.3 is 0 Å². The Bertz CT molecular complexity index is 773. The average Bonchev–Trinajstić information content (AvgIpc) is 3.43. The molecule has 0 bridgehead atoms. The van der Waals surface area contributed by atoms with Gasteiger partial charge in [-0.25, -0.2) is 4.98 Å². The lowest BCUT2D eigenvalue weighted by atomic mass is 9.96. The first-order valence-corrected chi connectivity index (χ1v) is 10.2. The van der Waals surface area contributed by atoms with Crippen molar-refractivity contribution in [3.63, 3.8) is 0 Å². The number of carbonyl (C=O) groups excluding carboxylic acids is 1. The second-order valence-electron chi connectivity index (χ2n) is 8.13. The molecule has 1 unspecified atom stereocenters. The zero-order chi connectivity index (χ0) is 18.8. The van der Waals surface area contributed by atoms with Crippen molar-refractivity contribution in [3.05, 3.63) is 41.9 Å². The van der Waals surface area contributed by atoms with Crippen molar-refractivity contribution in [1.82, 2.24) is 19.4 Å². The normalized spacial score (nSPS) is 21.3. The molecule has 1 atom stereocenters. The highest BCUT2D eigenvalue weighted by Gasteiger charge is 2.29. The number of hydrogen-bond donors (Lipinski definition) is 0. The van der Waals surface area contributed by atoms with Crippen LogP contribution in [-0.2, 0) is 6.54 Å². The fraction of sp³-hybridized carbons (Fsp3) is 0.619. The van der Waals surface area contributed by atoms with Gasteiger partial charge in [-0.3, -0.25) is 9.69 Å². The van der Waals surface area contributed by atoms with E-state index in [0.717, 1.165) is 50.6 Å². The Morgan fingerprint density at radius 2 is 2.04 bits per heavy atom. The lowest BCUT2D eigenvalue weighted by molar-refractivity contribution is 0.0667. The van der Waals surface area contributed by atoms with Gasteiger partial charge < -0.3 is 13.9 Å². The molecule has 2 saturated heterocycles. The van der Waals surface area contributed by atoms with Crippen LogP contribution < -0.4 is 0 Å². The third kappa shape index (κ3) is 3.95. The molecule has 0 spiro atoms. The number of carbonyl (C=O) groups is 1. The third-order valence-corrected chi connectivity index (χ3v) is 5.78. The minimum atomic E-state index is 0.00928. The lowest BCUT2D eigenvalue weighted by Gasteiger charge is -2.32. The second kappa shape index (κ2) is 7.89. The molecular weight excluding hydrogens is 340 g/mol. The van der Waals surface area contributed by atoms with Gasteiger partial charge in [0.2, 0.25) is 0 Å². The quantitative estimate of drug-likeness (QED) is 0.806. The largest absolute Gasteiger partial charge is 0.455 e. The molecule has 0 saturated carbocycles. The van der Waals surface area contributed by atoms with Gasteiger partial charge in [0.15, 0.2) is 5.76 Å². The van der Waals surface area contributed by atoms with Crippen molar-refractivity contribution in [2.75, 3.05) is 26.2 Å². The summed E-state index contributed by atoms with van der Waals surface area (Å²) in [6.07, 6.45) is 8.50. The summed E-state index contributed by atoms with van der Waals surface area (Å²) < 4.78 is 8.12. The van der Waals surface area contributed by atoms with Crippen molar-refractivity contribution < 1.29 is 9.21 Å². The van der Waals surface area contributed by atoms with Gasteiger partial charge in [-0.1, -0.05) is 0 Å². The van der Waals surface area contributed by atoms with E-state index in [1.165, 1.54) is 12.8 Å². The van der Waals surface area contributed by atoms with Crippen LogP contribution in [0.25, 0.3) is 0 Å². The Hall–Kier alpha value is -2.08. The Balaban J connectivity index is 1.42. The summed E-state index contributed by atoms with van der Waals surface area (Å²) in [4.78, 5) is 21.9. The molecule has 27 heavy (non-hydrogen) atoms. The van der Waals surface area contributed by atoms with E-state index >= 15 is 0 Å². The first kappa shape index (κ1) is 18.3. The summed E-state index contributed by atoms with van der Waals surface area (Å²) in [5.74, 6) is 2.76. The maximum absolute atomic E-state index is 13.0. The van der Waals surface area contributed by atoms with Crippen LogP contribution in [0.1, 0.15) is 73.6 Å². The van der Waals surface area contributed by atoms with Crippen LogP contribution in [0.5, 0.6) is 0 Å². The van der Waals surface area contributed by atoms with E-state index in [4.69, 9.17) is 4.42 Å². The molecule has 6 heteroatoms. The zero-order valence-electron chi connectivity index (χ0n) is 16.4. The monoisotopic (exact) mass is 370 g/mol. The molecule has 1 amide bonds. The van der Waals surface area contributed by atoms with E-state index in [9.17, 15) is 4.79 Å². The fourth-order valence-corrected chi connectivity index (χ4v) is 4.34. The van der Waals surface area contributed by atoms with E-state index in [0.29, 0.717) is 24.3 Å². The smallest absolute Gasteiger partial charge is 0.289 e. The highest BCUT2D eigenvalue weighted by Crippen LogP contribution is 2.28. The number of piperidine rings is 1. The standard InChI is InChI=1S/C21H30N4O2/c1-16(2)25-13-9-22-20(25)17-6-5-12-24(14-17)21(26)19-8-7-18(27-19)15-23-10-3-4-11-23/h7-9,13,16-17H,3-6,10-12,14-15H2,1-2H3. The maximum Gasteiger partial charge on any atom is 0.289 e. The number of rotatable bonds is 5. The van der Waals surface area contributed by atoms with Crippen LogP contribution in [-0.4, -0.2) is 51.4 Å². The predicted octanol–water partition coefficient (Wildman–Crippen LogP) is 3.67. The number of nitrogens with zero attached hydrogens (tertiary/aromatic N) is 4. The summed E-state index contributed by atoms with van der Waals surface area (Å²) in [7, 11) is 0. The summed E-state index contributed by atoms with van der Waals surface area (Å²) in [6, 6.07) is 4.18. The van der Waals surface area contributed by atoms with Crippen molar-refractivity contribution in [2.45, 2.75) is 58.0 Å². The first-order chi connectivity index (χ1) is 13.1. The molecule has 4 heterocycles. The fourth-order valence-electron chi connectivity index (χ4n) is 4.34. The lowest BCUT2D eigenvalue weighted by Crippen LogP contribution is -2.39. The number of likely N-dealkylation sites (tertiary alicyclic amines) is 2. The van der Waals surface area contributed by atoms with Gasteiger partial charge in [0.25, 0.3) is 5.91 Å². The Kier molecular flexibility index (Phi) is 5.34. The Labute approximate surface area is 161 Å². The SMILES string of the molecule is CC(C)n1ccnc1C1CCCN(C(=O)c2ccc(CN3CCCC3)o2)C1. The molecule has 0 aliphatic carbocycles. The van der Waals surface area contributed by atoms with E-state index in [-0.39, 0.29) is 5.91 Å². The van der Waals surface area contributed by atoms with Gasteiger partial charge in [0.05, 0.1) is 6.54 Å². The number of hydrogen-bond acceptors (Lipinski definition) is 4. The molecule has 2 fully saturated rings. The average molecular weight is 370 g/mol. The topological polar surface area (TPSA) is 54.5 Å². The predicted molar refractivity (Wildman–Crippen MR) is 104 cm³/mol. The highest BCUT2D eigenvalue weighted by atomic mass is 16.4. The highest BCUT2D eigenvalue weighted by molar-refractivity contribution is 5.91. The summed E-state index contributed by atoms with van der Waals surface area (Å²) in [5, 5.41) is 0.